The maximum atomic E-state index is 12.4. The van der Waals surface area contributed by atoms with Crippen molar-refractivity contribution in [2.45, 2.75) is 25.7 Å². The number of anilines is 1. The lowest BCUT2D eigenvalue weighted by Gasteiger charge is -2.07. The number of hydrogen-bond donors (Lipinski definition) is 2. The summed E-state index contributed by atoms with van der Waals surface area (Å²) in [6, 6.07) is 24.1. The minimum atomic E-state index is -0.0158. The topological polar surface area (TPSA) is 75.6 Å². The number of aromatic nitrogens is 4. The van der Waals surface area contributed by atoms with E-state index in [2.05, 4.69) is 45.1 Å². The third kappa shape index (κ3) is 4.25. The van der Waals surface area contributed by atoms with E-state index < -0.39 is 0 Å². The number of rotatable bonds is 7. The molecule has 0 spiro atoms. The number of nitrogens with zero attached hydrogens (tertiary/aromatic N) is 3. The number of carbonyl (C=O) groups excluding carboxylic acids is 1. The Balaban J connectivity index is 1.14. The SMILES string of the molecule is Cn1c(CCc2ccc(NC(=O)CCc3nc4ccccc4[nH]3)cc2)nc2ccccc21. The Morgan fingerprint density at radius 2 is 1.62 bits per heavy atom. The van der Waals surface area contributed by atoms with Gasteiger partial charge in [-0.2, -0.15) is 0 Å². The Kier molecular flexibility index (Phi) is 5.42. The Morgan fingerprint density at radius 3 is 2.41 bits per heavy atom. The van der Waals surface area contributed by atoms with Gasteiger partial charge in [-0.25, -0.2) is 9.97 Å². The van der Waals surface area contributed by atoms with E-state index in [0.717, 1.165) is 52.2 Å². The summed E-state index contributed by atoms with van der Waals surface area (Å²) in [5.74, 6) is 1.89. The predicted molar refractivity (Wildman–Crippen MR) is 128 cm³/mol. The molecular weight excluding hydrogens is 398 g/mol. The molecule has 0 aliphatic rings. The molecule has 0 radical (unpaired) electrons. The summed E-state index contributed by atoms with van der Waals surface area (Å²) in [6.07, 6.45) is 2.73. The molecule has 1 amide bonds. The molecule has 0 atom stereocenters. The first-order valence-electron chi connectivity index (χ1n) is 10.9. The van der Waals surface area contributed by atoms with Crippen LogP contribution in [0.5, 0.6) is 0 Å². The van der Waals surface area contributed by atoms with Gasteiger partial charge in [0, 0.05) is 32.0 Å². The summed E-state index contributed by atoms with van der Waals surface area (Å²) in [5, 5.41) is 2.98. The third-order valence-electron chi connectivity index (χ3n) is 5.78. The molecule has 6 heteroatoms. The van der Waals surface area contributed by atoms with E-state index in [1.807, 2.05) is 54.6 Å². The molecule has 5 rings (SSSR count). The van der Waals surface area contributed by atoms with Gasteiger partial charge >= 0.3 is 0 Å². The van der Waals surface area contributed by atoms with Crippen LogP contribution in [0.3, 0.4) is 0 Å². The zero-order valence-electron chi connectivity index (χ0n) is 18.0. The average molecular weight is 424 g/mol. The third-order valence-corrected chi connectivity index (χ3v) is 5.78. The van der Waals surface area contributed by atoms with Crippen molar-refractivity contribution in [2.24, 2.45) is 7.05 Å². The van der Waals surface area contributed by atoms with Crippen molar-refractivity contribution < 1.29 is 4.79 Å². The monoisotopic (exact) mass is 423 g/mol. The zero-order valence-corrected chi connectivity index (χ0v) is 18.0. The van der Waals surface area contributed by atoms with Crippen molar-refractivity contribution in [1.29, 1.82) is 0 Å². The highest BCUT2D eigenvalue weighted by atomic mass is 16.1. The number of fused-ring (bicyclic) bond motifs is 2. The lowest BCUT2D eigenvalue weighted by molar-refractivity contribution is -0.116. The summed E-state index contributed by atoms with van der Waals surface area (Å²) >= 11 is 0. The van der Waals surface area contributed by atoms with Crippen molar-refractivity contribution in [2.75, 3.05) is 5.32 Å². The van der Waals surface area contributed by atoms with E-state index in [1.165, 1.54) is 5.56 Å². The molecule has 2 aromatic heterocycles. The van der Waals surface area contributed by atoms with Crippen molar-refractivity contribution in [1.82, 2.24) is 19.5 Å². The van der Waals surface area contributed by atoms with Gasteiger partial charge in [-0.15, -0.1) is 0 Å². The highest BCUT2D eigenvalue weighted by molar-refractivity contribution is 5.90. The molecule has 32 heavy (non-hydrogen) atoms. The second-order valence-corrected chi connectivity index (χ2v) is 8.02. The number of amides is 1. The van der Waals surface area contributed by atoms with Crippen LogP contribution >= 0.6 is 0 Å². The van der Waals surface area contributed by atoms with Crippen LogP contribution < -0.4 is 5.32 Å². The molecule has 0 unspecified atom stereocenters. The van der Waals surface area contributed by atoms with Crippen LogP contribution in [-0.4, -0.2) is 25.4 Å². The minimum Gasteiger partial charge on any atom is -0.342 e. The predicted octanol–water partition coefficient (Wildman–Crippen LogP) is 4.81. The highest BCUT2D eigenvalue weighted by Gasteiger charge is 2.09. The summed E-state index contributed by atoms with van der Waals surface area (Å²) in [4.78, 5) is 24.9. The quantitative estimate of drug-likeness (QED) is 0.395. The molecule has 3 aromatic carbocycles. The van der Waals surface area contributed by atoms with Gasteiger partial charge in [0.05, 0.1) is 22.1 Å². The van der Waals surface area contributed by atoms with Crippen molar-refractivity contribution >= 4 is 33.7 Å². The maximum Gasteiger partial charge on any atom is 0.224 e. The van der Waals surface area contributed by atoms with Gasteiger partial charge in [-0.1, -0.05) is 36.4 Å². The van der Waals surface area contributed by atoms with Crippen molar-refractivity contribution in [3.8, 4) is 0 Å². The number of imidazole rings is 2. The normalized spacial score (nSPS) is 11.3. The van der Waals surface area contributed by atoms with Gasteiger partial charge in [0.15, 0.2) is 0 Å². The zero-order chi connectivity index (χ0) is 21.9. The van der Waals surface area contributed by atoms with Gasteiger partial charge < -0.3 is 14.9 Å². The van der Waals surface area contributed by atoms with Crippen LogP contribution in [0, 0.1) is 0 Å². The van der Waals surface area contributed by atoms with E-state index in [9.17, 15) is 4.79 Å². The Hall–Kier alpha value is -3.93. The van der Waals surface area contributed by atoms with E-state index in [0.29, 0.717) is 12.8 Å². The molecule has 2 heterocycles. The van der Waals surface area contributed by atoms with E-state index in [1.54, 1.807) is 0 Å². The van der Waals surface area contributed by atoms with Crippen molar-refractivity contribution in [3.63, 3.8) is 0 Å². The van der Waals surface area contributed by atoms with Gasteiger partial charge in [-0.05, 0) is 48.4 Å². The standard InChI is InChI=1S/C26H25N5O/c1-31-23-9-5-4-8-22(23)30-25(31)16-12-18-10-13-19(14-11-18)27-26(32)17-15-24-28-20-6-2-3-7-21(20)29-24/h2-11,13-14H,12,15-17H2,1H3,(H,27,32)(H,28,29). The first-order chi connectivity index (χ1) is 15.7. The fraction of sp³-hybridized carbons (Fsp3) is 0.192. The molecule has 0 bridgehead atoms. The van der Waals surface area contributed by atoms with Gasteiger partial charge in [0.1, 0.15) is 11.6 Å². The minimum absolute atomic E-state index is 0.0158. The maximum absolute atomic E-state index is 12.4. The van der Waals surface area contributed by atoms with Crippen LogP contribution in [0.4, 0.5) is 5.69 Å². The van der Waals surface area contributed by atoms with Gasteiger partial charge in [0.2, 0.25) is 5.91 Å². The first-order valence-corrected chi connectivity index (χ1v) is 10.9. The van der Waals surface area contributed by atoms with E-state index >= 15 is 0 Å². The Labute approximate surface area is 186 Å². The summed E-state index contributed by atoms with van der Waals surface area (Å²) < 4.78 is 2.16. The van der Waals surface area contributed by atoms with Crippen LogP contribution in [0.15, 0.2) is 72.8 Å². The molecule has 6 nitrogen and oxygen atoms in total. The average Bonchev–Trinajstić information content (AvgIpc) is 3.38. The Morgan fingerprint density at radius 1 is 0.875 bits per heavy atom. The molecule has 160 valence electrons. The number of nitrogens with one attached hydrogen (secondary N) is 2. The number of para-hydroxylation sites is 4. The smallest absolute Gasteiger partial charge is 0.224 e. The van der Waals surface area contributed by atoms with E-state index in [-0.39, 0.29) is 5.91 Å². The van der Waals surface area contributed by atoms with Gasteiger partial charge in [0.25, 0.3) is 0 Å². The number of benzene rings is 3. The number of carbonyl (C=O) groups is 1. The molecular formula is C26H25N5O. The number of aryl methyl sites for hydroxylation is 4. The van der Waals surface area contributed by atoms with Crippen LogP contribution in [-0.2, 0) is 31.1 Å². The first kappa shape index (κ1) is 20.0. The van der Waals surface area contributed by atoms with E-state index in [4.69, 9.17) is 4.98 Å². The molecule has 0 saturated heterocycles. The molecule has 2 N–H and O–H groups in total. The fourth-order valence-corrected chi connectivity index (χ4v) is 4.01. The molecule has 5 aromatic rings. The molecule has 0 saturated carbocycles. The molecule has 0 fully saturated rings. The van der Waals surface area contributed by atoms with Crippen molar-refractivity contribution in [3.05, 3.63) is 90.0 Å². The lowest BCUT2D eigenvalue weighted by Crippen LogP contribution is -2.12. The second kappa shape index (κ2) is 8.67. The summed E-state index contributed by atoms with van der Waals surface area (Å²) in [7, 11) is 2.06. The summed E-state index contributed by atoms with van der Waals surface area (Å²) in [6.45, 7) is 0. The Bertz CT molecular complexity index is 1350. The molecule has 0 aliphatic carbocycles. The van der Waals surface area contributed by atoms with Gasteiger partial charge in [-0.3, -0.25) is 4.79 Å². The fourth-order valence-electron chi connectivity index (χ4n) is 4.01. The molecule has 0 aliphatic heterocycles. The number of aromatic amines is 1. The highest BCUT2D eigenvalue weighted by Crippen LogP contribution is 2.17. The van der Waals surface area contributed by atoms with Crippen LogP contribution in [0.2, 0.25) is 0 Å². The second-order valence-electron chi connectivity index (χ2n) is 8.02. The summed E-state index contributed by atoms with van der Waals surface area (Å²) in [5.41, 5.74) is 6.15. The number of H-pyrrole nitrogens is 1. The van der Waals surface area contributed by atoms with Crippen LogP contribution in [0.25, 0.3) is 22.1 Å². The number of hydrogen-bond acceptors (Lipinski definition) is 3. The van der Waals surface area contributed by atoms with Crippen LogP contribution in [0.1, 0.15) is 23.6 Å². The lowest BCUT2D eigenvalue weighted by atomic mass is 10.1. The largest absolute Gasteiger partial charge is 0.342 e.